The summed E-state index contributed by atoms with van der Waals surface area (Å²) in [6.07, 6.45) is 1.84. The molecule has 2 heterocycles. The Morgan fingerprint density at radius 1 is 1.62 bits per heavy atom. The second-order valence-corrected chi connectivity index (χ2v) is 3.37. The number of nitrogens with zero attached hydrogens (tertiary/aromatic N) is 3. The normalized spacial score (nSPS) is 14.3. The molecule has 0 amide bonds. The second-order valence-electron chi connectivity index (χ2n) is 3.37. The molecule has 0 radical (unpaired) electrons. The van der Waals surface area contributed by atoms with Gasteiger partial charge >= 0.3 is 0 Å². The lowest BCUT2D eigenvalue weighted by Gasteiger charge is -2.11. The molecule has 0 aliphatic carbocycles. The molecule has 2 rings (SSSR count). The highest BCUT2D eigenvalue weighted by Crippen LogP contribution is 2.19. The predicted octanol–water partition coefficient (Wildman–Crippen LogP) is 1.66. The Kier molecular flexibility index (Phi) is 1.79. The van der Waals surface area contributed by atoms with Gasteiger partial charge in [0, 0.05) is 6.54 Å². The Bertz CT molecular complexity index is 385. The lowest BCUT2D eigenvalue weighted by atomic mass is 10.2. The molecule has 0 saturated heterocycles. The fraction of sp³-hybridized carbons (Fsp3) is 0.400. The van der Waals surface area contributed by atoms with Crippen LogP contribution in [0.4, 0.5) is 0 Å². The minimum Gasteiger partial charge on any atom is -0.321 e. The van der Waals surface area contributed by atoms with Gasteiger partial charge in [0.25, 0.3) is 0 Å². The molecule has 0 bridgehead atoms. The van der Waals surface area contributed by atoms with Gasteiger partial charge in [0.1, 0.15) is 0 Å². The maximum absolute atomic E-state index is 4.43. The van der Waals surface area contributed by atoms with Gasteiger partial charge < -0.3 is 4.57 Å². The van der Waals surface area contributed by atoms with Crippen molar-refractivity contribution in [2.45, 2.75) is 20.4 Å². The van der Waals surface area contributed by atoms with Crippen molar-refractivity contribution in [3.63, 3.8) is 0 Å². The number of imidazole rings is 1. The first-order valence-electron chi connectivity index (χ1n) is 4.43. The first kappa shape index (κ1) is 8.23. The number of fused-ring (bicyclic) bond motifs is 1. The van der Waals surface area contributed by atoms with Gasteiger partial charge in [0.15, 0.2) is 5.82 Å². The topological polar surface area (TPSA) is 30.2 Å². The summed E-state index contributed by atoms with van der Waals surface area (Å²) in [5.41, 5.74) is 3.29. The van der Waals surface area contributed by atoms with Crippen molar-refractivity contribution in [1.29, 1.82) is 0 Å². The van der Waals surface area contributed by atoms with E-state index in [-0.39, 0.29) is 0 Å². The smallest absolute Gasteiger partial charge is 0.151 e. The maximum Gasteiger partial charge on any atom is 0.151 e. The van der Waals surface area contributed by atoms with Crippen LogP contribution in [0, 0.1) is 6.92 Å². The Hall–Kier alpha value is -1.38. The fourth-order valence-electron chi connectivity index (χ4n) is 1.76. The van der Waals surface area contributed by atoms with Crippen LogP contribution in [0.2, 0.25) is 0 Å². The Balaban J connectivity index is 2.62. The van der Waals surface area contributed by atoms with E-state index in [2.05, 4.69) is 21.1 Å². The molecule has 0 fully saturated rings. The summed E-state index contributed by atoms with van der Waals surface area (Å²) in [7, 11) is 0. The molecule has 13 heavy (non-hydrogen) atoms. The first-order valence-corrected chi connectivity index (χ1v) is 4.43. The van der Waals surface area contributed by atoms with Gasteiger partial charge in [-0.2, -0.15) is 0 Å². The Morgan fingerprint density at radius 2 is 2.38 bits per heavy atom. The van der Waals surface area contributed by atoms with Gasteiger partial charge in [-0.3, -0.25) is 4.99 Å². The minimum atomic E-state index is 0.850. The standard InChI is InChI=1S/C10H13N3/c1-7(2)10-8(3)12-9-6-11-4-5-13(9)10/h6H,1,4-5H2,2-3H3. The van der Waals surface area contributed by atoms with Crippen LogP contribution in [0.15, 0.2) is 11.6 Å². The molecule has 1 aromatic rings. The summed E-state index contributed by atoms with van der Waals surface area (Å²) in [6.45, 7) is 9.77. The van der Waals surface area contributed by atoms with Crippen LogP contribution in [0.5, 0.6) is 0 Å². The van der Waals surface area contributed by atoms with Gasteiger partial charge in [0.2, 0.25) is 0 Å². The van der Waals surface area contributed by atoms with E-state index >= 15 is 0 Å². The van der Waals surface area contributed by atoms with E-state index in [1.54, 1.807) is 0 Å². The van der Waals surface area contributed by atoms with Crippen LogP contribution in [0.3, 0.4) is 0 Å². The van der Waals surface area contributed by atoms with Crippen molar-refractivity contribution in [2.24, 2.45) is 4.99 Å². The summed E-state index contributed by atoms with van der Waals surface area (Å²) in [5, 5.41) is 0. The largest absolute Gasteiger partial charge is 0.321 e. The van der Waals surface area contributed by atoms with Crippen molar-refractivity contribution in [3.05, 3.63) is 23.8 Å². The average molecular weight is 175 g/mol. The number of aliphatic imine (C=N–C) groups is 1. The Morgan fingerprint density at radius 3 is 3.08 bits per heavy atom. The SMILES string of the molecule is C=C(C)c1c(C)nc2n1CCN=C2. The zero-order valence-corrected chi connectivity index (χ0v) is 8.04. The first-order chi connectivity index (χ1) is 6.20. The minimum absolute atomic E-state index is 0.850. The zero-order valence-electron chi connectivity index (χ0n) is 8.04. The zero-order chi connectivity index (χ0) is 9.42. The van der Waals surface area contributed by atoms with E-state index in [0.717, 1.165) is 30.2 Å². The van der Waals surface area contributed by atoms with Crippen molar-refractivity contribution in [1.82, 2.24) is 9.55 Å². The van der Waals surface area contributed by atoms with Crippen LogP contribution >= 0.6 is 0 Å². The highest BCUT2D eigenvalue weighted by atomic mass is 15.1. The van der Waals surface area contributed by atoms with E-state index < -0.39 is 0 Å². The van der Waals surface area contributed by atoms with Gasteiger partial charge in [-0.15, -0.1) is 0 Å². The number of hydrogen-bond acceptors (Lipinski definition) is 2. The van der Waals surface area contributed by atoms with Crippen LogP contribution in [-0.4, -0.2) is 22.3 Å². The predicted molar refractivity (Wildman–Crippen MR) is 54.1 cm³/mol. The third kappa shape index (κ3) is 1.20. The number of rotatable bonds is 1. The van der Waals surface area contributed by atoms with Crippen molar-refractivity contribution in [2.75, 3.05) is 6.54 Å². The molecule has 0 unspecified atom stereocenters. The maximum atomic E-state index is 4.43. The summed E-state index contributed by atoms with van der Waals surface area (Å²) in [5.74, 6) is 0.960. The van der Waals surface area contributed by atoms with Crippen LogP contribution in [0.1, 0.15) is 24.1 Å². The summed E-state index contributed by atoms with van der Waals surface area (Å²) in [6, 6.07) is 0. The van der Waals surface area contributed by atoms with Crippen LogP contribution in [-0.2, 0) is 6.54 Å². The lowest BCUT2D eigenvalue weighted by Crippen LogP contribution is -2.13. The van der Waals surface area contributed by atoms with Crippen molar-refractivity contribution in [3.8, 4) is 0 Å². The number of aryl methyl sites for hydroxylation is 1. The summed E-state index contributed by atoms with van der Waals surface area (Å²) in [4.78, 5) is 8.62. The van der Waals surface area contributed by atoms with E-state index in [1.807, 2.05) is 20.1 Å². The third-order valence-electron chi connectivity index (χ3n) is 2.24. The third-order valence-corrected chi connectivity index (χ3v) is 2.24. The second kappa shape index (κ2) is 2.83. The number of allylic oxidation sites excluding steroid dienone is 1. The molecule has 3 heteroatoms. The van der Waals surface area contributed by atoms with Gasteiger partial charge in [-0.1, -0.05) is 6.58 Å². The lowest BCUT2D eigenvalue weighted by molar-refractivity contribution is 0.680. The molecule has 0 atom stereocenters. The van der Waals surface area contributed by atoms with Crippen molar-refractivity contribution >= 4 is 11.8 Å². The molecule has 1 aliphatic rings. The molecule has 0 spiro atoms. The molecule has 0 saturated carbocycles. The monoisotopic (exact) mass is 175 g/mol. The molecule has 1 aromatic heterocycles. The highest BCUT2D eigenvalue weighted by molar-refractivity contribution is 5.78. The molecular formula is C10H13N3. The van der Waals surface area contributed by atoms with E-state index in [1.165, 1.54) is 5.69 Å². The van der Waals surface area contributed by atoms with E-state index in [0.29, 0.717) is 0 Å². The fourth-order valence-corrected chi connectivity index (χ4v) is 1.76. The highest BCUT2D eigenvalue weighted by Gasteiger charge is 2.14. The molecule has 3 nitrogen and oxygen atoms in total. The van der Waals surface area contributed by atoms with Gasteiger partial charge in [0.05, 0.1) is 24.1 Å². The van der Waals surface area contributed by atoms with Gasteiger partial charge in [-0.25, -0.2) is 4.98 Å². The van der Waals surface area contributed by atoms with Crippen LogP contribution in [0.25, 0.3) is 5.57 Å². The van der Waals surface area contributed by atoms with Crippen LogP contribution < -0.4 is 0 Å². The number of hydrogen-bond donors (Lipinski definition) is 0. The quantitative estimate of drug-likeness (QED) is 0.638. The Labute approximate surface area is 77.8 Å². The molecule has 68 valence electrons. The summed E-state index contributed by atoms with van der Waals surface area (Å²) < 4.78 is 2.19. The molecule has 1 aliphatic heterocycles. The van der Waals surface area contributed by atoms with Gasteiger partial charge in [-0.05, 0) is 19.4 Å². The molecule has 0 N–H and O–H groups in total. The number of aromatic nitrogens is 2. The molecule has 0 aromatic carbocycles. The van der Waals surface area contributed by atoms with E-state index in [9.17, 15) is 0 Å². The van der Waals surface area contributed by atoms with E-state index in [4.69, 9.17) is 0 Å². The summed E-state index contributed by atoms with van der Waals surface area (Å²) >= 11 is 0. The van der Waals surface area contributed by atoms with Crippen molar-refractivity contribution < 1.29 is 0 Å². The average Bonchev–Trinajstić information content (AvgIpc) is 2.39. The molecular weight excluding hydrogens is 162 g/mol.